The van der Waals surface area contributed by atoms with Gasteiger partial charge in [-0.3, -0.25) is 4.79 Å². The third-order valence-corrected chi connectivity index (χ3v) is 6.41. The van der Waals surface area contributed by atoms with Gasteiger partial charge in [0.15, 0.2) is 11.5 Å². The van der Waals surface area contributed by atoms with Crippen LogP contribution < -0.4 is 9.47 Å². The van der Waals surface area contributed by atoms with Crippen LogP contribution in [0.4, 0.5) is 13.2 Å². The zero-order valence-corrected chi connectivity index (χ0v) is 19.6. The predicted molar refractivity (Wildman–Crippen MR) is 131 cm³/mol. The lowest BCUT2D eigenvalue weighted by Gasteiger charge is -2.26. The summed E-state index contributed by atoms with van der Waals surface area (Å²) >= 11 is 0. The quantitative estimate of drug-likeness (QED) is 0.408. The van der Waals surface area contributed by atoms with Gasteiger partial charge in [-0.1, -0.05) is 26.7 Å². The molecule has 1 aliphatic heterocycles. The van der Waals surface area contributed by atoms with E-state index in [0.29, 0.717) is 0 Å². The van der Waals surface area contributed by atoms with Crippen LogP contribution in [0.3, 0.4) is 0 Å². The molecule has 1 fully saturated rings. The number of halogens is 3. The van der Waals surface area contributed by atoms with Crippen LogP contribution >= 0.6 is 0 Å². The van der Waals surface area contributed by atoms with E-state index in [0.717, 1.165) is 13.8 Å². The third kappa shape index (κ3) is 4.48. The number of carbonyl (C=O) groups is 1. The Bertz CT molecular complexity index is 1940. The lowest BCUT2D eigenvalue weighted by Crippen LogP contribution is -2.26. The second-order valence-electron chi connectivity index (χ2n) is 9.04. The van der Waals surface area contributed by atoms with Gasteiger partial charge < -0.3 is 24.3 Å². The number of aromatic nitrogens is 1. The Hall–Kier alpha value is -3.04. The van der Waals surface area contributed by atoms with Crippen LogP contribution in [-0.4, -0.2) is 39.6 Å². The zero-order valence-electron chi connectivity index (χ0n) is 32.6. The average Bonchev–Trinajstić information content (AvgIpc) is 3.63. The largest absolute Gasteiger partial charge is 0.586 e. The number of ketones is 1. The molecular weight excluding hydrogens is 487 g/mol. The second-order valence-corrected chi connectivity index (χ2v) is 9.04. The van der Waals surface area contributed by atoms with Crippen LogP contribution in [0.25, 0.3) is 10.9 Å². The summed E-state index contributed by atoms with van der Waals surface area (Å²) in [5.74, 6) is -4.39. The van der Waals surface area contributed by atoms with Crippen LogP contribution in [-0.2, 0) is 28.5 Å². The highest BCUT2D eigenvalue weighted by atomic mass is 19.3. The first-order valence-corrected chi connectivity index (χ1v) is 11.2. The molecule has 2 heterocycles. The molecule has 1 aliphatic carbocycles. The number of hydrogen-bond donors (Lipinski definition) is 2. The normalized spacial score (nSPS) is 25.8. The van der Waals surface area contributed by atoms with Gasteiger partial charge >= 0.3 is 6.29 Å². The molecule has 1 aromatic heterocycles. The van der Waals surface area contributed by atoms with Crippen LogP contribution in [0.5, 0.6) is 11.5 Å². The molecule has 0 radical (unpaired) electrons. The Kier molecular flexibility index (Phi) is 3.37. The Morgan fingerprint density at radius 3 is 2.65 bits per heavy atom. The number of hydrogen-bond acceptors (Lipinski definition) is 5. The van der Waals surface area contributed by atoms with E-state index in [1.807, 2.05) is 0 Å². The molecule has 198 valence electrons. The molecule has 1 saturated carbocycles. The van der Waals surface area contributed by atoms with E-state index < -0.39 is 143 Å². The van der Waals surface area contributed by atoms with E-state index in [9.17, 15) is 23.8 Å². The van der Waals surface area contributed by atoms with Crippen molar-refractivity contribution in [1.82, 2.24) is 4.57 Å². The van der Waals surface area contributed by atoms with Crippen molar-refractivity contribution in [3.8, 4) is 11.5 Å². The zero-order chi connectivity index (χ0) is 38.1. The van der Waals surface area contributed by atoms with Gasteiger partial charge in [0, 0.05) is 29.8 Å². The highest BCUT2D eigenvalue weighted by Crippen LogP contribution is 2.52. The van der Waals surface area contributed by atoms with Crippen molar-refractivity contribution in [1.29, 1.82) is 0 Å². The summed E-state index contributed by atoms with van der Waals surface area (Å²) in [7, 11) is 0. The van der Waals surface area contributed by atoms with Gasteiger partial charge in [-0.2, -0.15) is 0 Å². The highest BCUT2D eigenvalue weighted by molar-refractivity contribution is 5.95. The summed E-state index contributed by atoms with van der Waals surface area (Å²) in [5, 5.41) is 19.3. The average molecular weight is 531 g/mol. The smallest absolute Gasteiger partial charge is 0.395 e. The number of alkyl halides is 2. The molecule has 2 aromatic carbocycles. The van der Waals surface area contributed by atoms with E-state index >= 15 is 4.39 Å². The molecule has 2 aliphatic rings. The van der Waals surface area contributed by atoms with Crippen molar-refractivity contribution in [3.63, 3.8) is 0 Å². The molecule has 1 unspecified atom stereocenters. The van der Waals surface area contributed by atoms with Crippen molar-refractivity contribution in [2.75, 3.05) is 6.61 Å². The number of nitrogens with zero attached hydrogens (tertiary/aromatic N) is 1. The number of ether oxygens (including phenoxy) is 2. The van der Waals surface area contributed by atoms with Crippen LogP contribution in [0.2, 0.25) is 0 Å². The molecule has 9 heteroatoms. The minimum absolute atomic E-state index is 0.101. The molecule has 5 rings (SSSR count). The number of Topliss-reactive ketones (excluding diaryl/α,β-unsaturated/α-hetero) is 1. The molecule has 37 heavy (non-hydrogen) atoms. The van der Waals surface area contributed by atoms with Crippen molar-refractivity contribution < 1.29 is 55.5 Å². The molecule has 0 spiro atoms. The SMILES string of the molecule is [2H]c1c([2H])c(C2(C(=O)Cc3c(F)c([2H])c4c(c3[2H])c([2H])c(C(C)(C([2H])([2H])[2H])C([2H])([2H])C)n4C([2H])([2H])[C@@H](O)CO)CC2)c([2H])c2c1OC(F)(F)O2. The number of aliphatic hydroxyl groups is 2. The standard InChI is InChI=1S/C28H30F3NO5/c1-4-26(2,3)24-10-17-9-16(20(29)13-21(17)32(24)14-19(34)15-33)11-25(35)27(7-8-27)18-5-6-22-23(12-18)37-28(30,31)36-22/h5-6,9-10,12-13,19,33-34H,4,7-8,11,14-15H2,1-3H3/t19-/m1/s1/i2D3,4D2,5D,6D,9D,10D,12D,13D,14D2/t19-,26?. The fraction of sp³-hybridized carbons (Fsp3) is 0.464. The maximum absolute atomic E-state index is 16.2. The molecule has 0 amide bonds. The Balaban J connectivity index is 1.77. The number of fused-ring (bicyclic) bond motifs is 2. The monoisotopic (exact) mass is 530 g/mol. The maximum Gasteiger partial charge on any atom is 0.586 e. The maximum atomic E-state index is 16.2. The van der Waals surface area contributed by atoms with Crippen molar-refractivity contribution in [2.24, 2.45) is 0 Å². The molecule has 0 saturated heterocycles. The first kappa shape index (κ1) is 14.2. The Labute approximate surface area is 230 Å². The Morgan fingerprint density at radius 2 is 2.00 bits per heavy atom. The summed E-state index contributed by atoms with van der Waals surface area (Å²) < 4.78 is 163. The molecule has 2 atom stereocenters. The van der Waals surface area contributed by atoms with Crippen LogP contribution in [0, 0.1) is 5.82 Å². The van der Waals surface area contributed by atoms with Crippen LogP contribution in [0.1, 0.15) is 74.6 Å². The van der Waals surface area contributed by atoms with E-state index in [-0.39, 0.29) is 17.4 Å². The van der Waals surface area contributed by atoms with Crippen molar-refractivity contribution >= 4 is 16.7 Å². The van der Waals surface area contributed by atoms with E-state index in [4.69, 9.17) is 17.8 Å². The molecule has 0 bridgehead atoms. The van der Waals surface area contributed by atoms with Gasteiger partial charge in [0.2, 0.25) is 0 Å². The Morgan fingerprint density at radius 1 is 1.27 bits per heavy atom. The van der Waals surface area contributed by atoms with E-state index in [1.54, 1.807) is 0 Å². The number of aliphatic hydroxyl groups excluding tert-OH is 2. The summed E-state index contributed by atoms with van der Waals surface area (Å²) in [5.41, 5.74) is -7.95. The molecule has 6 nitrogen and oxygen atoms in total. The summed E-state index contributed by atoms with van der Waals surface area (Å²) in [6.45, 7) is -6.35. The van der Waals surface area contributed by atoms with Gasteiger partial charge in [-0.05, 0) is 60.6 Å². The number of benzene rings is 2. The first-order chi connectivity index (χ1) is 22.6. The molecule has 2 N–H and O–H groups in total. The van der Waals surface area contributed by atoms with Gasteiger partial charge in [-0.25, -0.2) is 4.39 Å². The third-order valence-electron chi connectivity index (χ3n) is 6.41. The predicted octanol–water partition coefficient (Wildman–Crippen LogP) is 4.99. The van der Waals surface area contributed by atoms with Crippen LogP contribution in [0.15, 0.2) is 36.3 Å². The minimum atomic E-state index is -4.26. The summed E-state index contributed by atoms with van der Waals surface area (Å²) in [4.78, 5) is 13.9. The fourth-order valence-corrected chi connectivity index (χ4v) is 4.10. The second kappa shape index (κ2) is 8.77. The topological polar surface area (TPSA) is 80.9 Å². The molecular formula is C28H30F3NO5. The minimum Gasteiger partial charge on any atom is -0.395 e. The number of carbonyl (C=O) groups excluding carboxylic acids is 1. The molecule has 3 aromatic rings. The lowest BCUT2D eigenvalue weighted by molar-refractivity contribution is -0.286. The number of rotatable bonds is 9. The fourth-order valence-electron chi connectivity index (χ4n) is 4.10. The lowest BCUT2D eigenvalue weighted by atomic mass is 9.86. The summed E-state index contributed by atoms with van der Waals surface area (Å²) in [6, 6.07) is -5.91. The van der Waals surface area contributed by atoms with Crippen molar-refractivity contribution in [2.45, 2.75) is 76.1 Å². The van der Waals surface area contributed by atoms with Gasteiger partial charge in [0.1, 0.15) is 11.6 Å². The van der Waals surface area contributed by atoms with E-state index in [2.05, 4.69) is 9.47 Å². The van der Waals surface area contributed by atoms with E-state index in [1.165, 1.54) is 0 Å². The van der Waals surface area contributed by atoms with Crippen molar-refractivity contribution in [3.05, 3.63) is 58.9 Å². The van der Waals surface area contributed by atoms with Gasteiger partial charge in [0.25, 0.3) is 0 Å². The first-order valence-electron chi connectivity index (χ1n) is 17.7. The highest BCUT2D eigenvalue weighted by Gasteiger charge is 2.52. The summed E-state index contributed by atoms with van der Waals surface area (Å²) in [6.07, 6.45) is -10.7. The van der Waals surface area contributed by atoms with Gasteiger partial charge in [0.05, 0.1) is 41.1 Å². The van der Waals surface area contributed by atoms with Gasteiger partial charge in [-0.15, -0.1) is 8.78 Å².